The van der Waals surface area contributed by atoms with Gasteiger partial charge in [-0.15, -0.1) is 0 Å². The number of ether oxygens (including phenoxy) is 1. The summed E-state index contributed by atoms with van der Waals surface area (Å²) in [6, 6.07) is 0. The molecule has 0 bridgehead atoms. The summed E-state index contributed by atoms with van der Waals surface area (Å²) in [5, 5.41) is 35.1. The second kappa shape index (κ2) is 19.8. The minimum absolute atomic E-state index is 0.0187. The molecule has 1 saturated heterocycles. The molecule has 2 amide bonds. The van der Waals surface area contributed by atoms with Crippen molar-refractivity contribution in [3.8, 4) is 0 Å². The van der Waals surface area contributed by atoms with Gasteiger partial charge in [-0.3, -0.25) is 37.3 Å². The molecule has 3 rings (SSSR count). The van der Waals surface area contributed by atoms with Crippen molar-refractivity contribution < 1.29 is 90.4 Å². The number of amides is 2. The molecule has 2 aromatic heterocycles. The molecule has 26 nitrogen and oxygen atoms in total. The largest absolute Gasteiger partial charge is 0.481 e. The Balaban J connectivity index is 1.49. The molecule has 11 N–H and O–H groups in total. The van der Waals surface area contributed by atoms with Gasteiger partial charge in [0.1, 0.15) is 48.1 Å². The Hall–Kier alpha value is -2.81. The summed E-state index contributed by atoms with van der Waals surface area (Å²) in [7, 11) is -16.4. The number of aromatic nitrogens is 4. The van der Waals surface area contributed by atoms with E-state index in [0.29, 0.717) is 0 Å². The van der Waals surface area contributed by atoms with Gasteiger partial charge < -0.3 is 56.0 Å². The molecule has 56 heavy (non-hydrogen) atoms. The van der Waals surface area contributed by atoms with E-state index in [1.54, 1.807) is 0 Å². The second-order valence-corrected chi connectivity index (χ2v) is 18.0. The summed E-state index contributed by atoms with van der Waals surface area (Å²) < 4.78 is 61.9. The normalized spacial score (nSPS) is 22.2. The first-order valence-electron chi connectivity index (χ1n) is 16.1. The number of Topliss-reactive ketones (excluding diaryl/α,β-unsaturated/α-hetero) is 1. The fourth-order valence-corrected chi connectivity index (χ4v) is 8.24. The van der Waals surface area contributed by atoms with Crippen LogP contribution in [0.25, 0.3) is 11.2 Å². The number of aliphatic hydroxyl groups excluding tert-OH is 3. The van der Waals surface area contributed by atoms with Gasteiger partial charge in [0, 0.05) is 37.1 Å². The van der Waals surface area contributed by atoms with Gasteiger partial charge in [0.15, 0.2) is 17.7 Å². The zero-order valence-electron chi connectivity index (χ0n) is 29.7. The van der Waals surface area contributed by atoms with Crippen molar-refractivity contribution in [2.75, 3.05) is 37.8 Å². The van der Waals surface area contributed by atoms with Crippen molar-refractivity contribution in [1.29, 1.82) is 0 Å². The maximum atomic E-state index is 12.7. The van der Waals surface area contributed by atoms with Crippen LogP contribution < -0.4 is 16.4 Å². The SMILES string of the molecule is CC(=O)CC(O)C(=O)SCCNC(=O)CCNC(=O)C(O)C(C)(C)COP(=O)(O)OP(=O)(O)OC[C@H]1O[C@@H](n2cnc3c(N)ncnc32)[C@H](O)[C@@H]1OP(=O)(O)O. The van der Waals surface area contributed by atoms with E-state index in [2.05, 4.69) is 34.4 Å². The number of hydrogen-bond acceptors (Lipinski definition) is 20. The Labute approximate surface area is 321 Å². The molecule has 2 aromatic rings. The number of imidazole rings is 1. The number of nitrogens with one attached hydrogen (secondary N) is 2. The number of thioether (sulfide) groups is 1. The number of ketones is 1. The summed E-state index contributed by atoms with van der Waals surface area (Å²) in [5.41, 5.74) is 4.19. The third kappa shape index (κ3) is 14.2. The molecule has 1 fully saturated rings. The lowest BCUT2D eigenvalue weighted by Crippen LogP contribution is -2.46. The molecule has 0 aromatic carbocycles. The number of fused-ring (bicyclic) bond motifs is 1. The predicted octanol–water partition coefficient (Wildman–Crippen LogP) is -2.00. The Morgan fingerprint density at radius 1 is 1.04 bits per heavy atom. The van der Waals surface area contributed by atoms with E-state index in [9.17, 15) is 67.8 Å². The molecule has 1 aliphatic heterocycles. The summed E-state index contributed by atoms with van der Waals surface area (Å²) in [5.74, 6) is -1.89. The van der Waals surface area contributed by atoms with E-state index < -0.39 is 95.8 Å². The van der Waals surface area contributed by atoms with E-state index in [0.717, 1.165) is 29.0 Å². The average molecular weight is 882 g/mol. The van der Waals surface area contributed by atoms with Crippen LogP contribution in [0.5, 0.6) is 0 Å². The number of nitrogens with two attached hydrogens (primary N) is 1. The lowest BCUT2D eigenvalue weighted by Gasteiger charge is -2.30. The van der Waals surface area contributed by atoms with Gasteiger partial charge in [0.25, 0.3) is 0 Å². The van der Waals surface area contributed by atoms with Crippen LogP contribution >= 0.6 is 35.2 Å². The standard InChI is InChI=1S/C26H42N7O19P3S/c1-13(34)8-14(35)25(40)56-7-6-28-16(36)4-5-29-23(39)20(38)26(2,3)10-49-55(46,47)52-54(44,45)48-9-15-19(51-53(41,42)43)18(37)24(50-15)33-12-32-17-21(27)30-11-31-22(17)33/h11-12,14-15,18-20,24,35,37-38H,4-10H2,1-3H3,(H,28,36)(H,29,39)(H,44,45)(H,46,47)(H2,27,30,31)(H2,41,42,43)/t14?,15-,18-,19-,20?,24-/m1/s1. The topological polar surface area (TPSA) is 401 Å². The van der Waals surface area contributed by atoms with Crippen LogP contribution in [0.2, 0.25) is 0 Å². The Bertz CT molecular complexity index is 1880. The van der Waals surface area contributed by atoms with Crippen LogP contribution in [-0.2, 0) is 55.5 Å². The van der Waals surface area contributed by atoms with Gasteiger partial charge in [0.05, 0.1) is 19.5 Å². The number of aliphatic hydroxyl groups is 3. The number of hydrogen-bond donors (Lipinski definition) is 10. The second-order valence-electron chi connectivity index (χ2n) is 12.7. The molecule has 3 heterocycles. The van der Waals surface area contributed by atoms with Gasteiger partial charge in [0.2, 0.25) is 16.9 Å². The van der Waals surface area contributed by atoms with Gasteiger partial charge in [-0.2, -0.15) is 4.31 Å². The van der Waals surface area contributed by atoms with E-state index in [4.69, 9.17) is 19.5 Å². The van der Waals surface area contributed by atoms with Gasteiger partial charge in [-0.25, -0.2) is 28.6 Å². The number of rotatable bonds is 22. The van der Waals surface area contributed by atoms with Crippen LogP contribution in [0.3, 0.4) is 0 Å². The lowest BCUT2D eigenvalue weighted by molar-refractivity contribution is -0.137. The highest BCUT2D eigenvalue weighted by atomic mass is 32.2. The molecule has 8 atom stereocenters. The third-order valence-corrected chi connectivity index (χ3v) is 11.6. The minimum atomic E-state index is -5.59. The maximum Gasteiger partial charge on any atom is 0.481 e. The third-order valence-electron chi connectivity index (χ3n) is 7.50. The number of nitrogens with zero attached hydrogens (tertiary/aromatic N) is 4. The molecular weight excluding hydrogens is 839 g/mol. The summed E-state index contributed by atoms with van der Waals surface area (Å²) in [6.45, 7) is 1.35. The van der Waals surface area contributed by atoms with Gasteiger partial charge in [-0.1, -0.05) is 25.6 Å². The Morgan fingerprint density at radius 2 is 1.70 bits per heavy atom. The molecule has 316 valence electrons. The zero-order valence-corrected chi connectivity index (χ0v) is 33.2. The highest BCUT2D eigenvalue weighted by Crippen LogP contribution is 2.61. The zero-order chi connectivity index (χ0) is 42.2. The van der Waals surface area contributed by atoms with Gasteiger partial charge in [-0.05, 0) is 6.92 Å². The fourth-order valence-electron chi connectivity index (χ4n) is 4.73. The molecule has 0 aliphatic carbocycles. The summed E-state index contributed by atoms with van der Waals surface area (Å²) in [6.07, 6.45) is -8.90. The van der Waals surface area contributed by atoms with Crippen molar-refractivity contribution in [1.82, 2.24) is 30.2 Å². The predicted molar refractivity (Wildman–Crippen MR) is 188 cm³/mol. The smallest absolute Gasteiger partial charge is 0.386 e. The number of nitrogen functional groups attached to an aromatic ring is 1. The molecule has 30 heteroatoms. The van der Waals surface area contributed by atoms with E-state index in [1.807, 2.05) is 0 Å². The maximum absolute atomic E-state index is 12.7. The fraction of sp³-hybridized carbons (Fsp3) is 0.654. The molecule has 0 radical (unpaired) electrons. The van der Waals surface area contributed by atoms with Crippen molar-refractivity contribution >= 4 is 74.9 Å². The van der Waals surface area contributed by atoms with Crippen LogP contribution in [0.15, 0.2) is 12.7 Å². The van der Waals surface area contributed by atoms with E-state index in [1.165, 1.54) is 20.8 Å². The molecular formula is C26H42N7O19P3S. The molecule has 0 spiro atoms. The first-order valence-corrected chi connectivity index (χ1v) is 21.6. The first-order chi connectivity index (χ1) is 25.8. The van der Waals surface area contributed by atoms with Crippen LogP contribution in [0.1, 0.15) is 39.8 Å². The number of phosphoric acid groups is 3. The van der Waals surface area contributed by atoms with E-state index in [-0.39, 0.29) is 54.4 Å². The molecule has 0 saturated carbocycles. The van der Waals surface area contributed by atoms with Crippen LogP contribution in [0.4, 0.5) is 5.82 Å². The van der Waals surface area contributed by atoms with Gasteiger partial charge >= 0.3 is 23.5 Å². The van der Waals surface area contributed by atoms with Crippen LogP contribution in [-0.4, -0.2) is 140 Å². The Kier molecular flexibility index (Phi) is 16.8. The van der Waals surface area contributed by atoms with Crippen molar-refractivity contribution in [2.45, 2.75) is 70.4 Å². The highest BCUT2D eigenvalue weighted by molar-refractivity contribution is 8.13. The molecule has 4 unspecified atom stereocenters. The average Bonchev–Trinajstić information content (AvgIpc) is 3.64. The van der Waals surface area contributed by atoms with Crippen molar-refractivity contribution in [3.63, 3.8) is 0 Å². The summed E-state index contributed by atoms with van der Waals surface area (Å²) >= 11 is 0.718. The monoisotopic (exact) mass is 881 g/mol. The summed E-state index contributed by atoms with van der Waals surface area (Å²) in [4.78, 5) is 98.1. The van der Waals surface area contributed by atoms with Crippen molar-refractivity contribution in [3.05, 3.63) is 12.7 Å². The quantitative estimate of drug-likeness (QED) is 0.0452. The number of phosphoric ester groups is 3. The Morgan fingerprint density at radius 3 is 2.34 bits per heavy atom. The number of carbonyl (C=O) groups is 4. The lowest BCUT2D eigenvalue weighted by atomic mass is 9.87. The van der Waals surface area contributed by atoms with Crippen LogP contribution in [0, 0.1) is 5.41 Å². The first kappa shape index (κ1) is 47.6. The molecule has 1 aliphatic rings. The number of carbonyl (C=O) groups excluding carboxylic acids is 4. The number of anilines is 1. The highest BCUT2D eigenvalue weighted by Gasteiger charge is 2.50. The minimum Gasteiger partial charge on any atom is -0.386 e. The van der Waals surface area contributed by atoms with Crippen molar-refractivity contribution in [2.24, 2.45) is 5.41 Å². The van der Waals surface area contributed by atoms with E-state index >= 15 is 0 Å².